The average Bonchev–Trinajstić information content (AvgIpc) is 2.77. The first-order chi connectivity index (χ1) is 10.4. The molecule has 1 amide bonds. The number of alkyl halides is 3. The van der Waals surface area contributed by atoms with Gasteiger partial charge in [-0.3, -0.25) is 4.79 Å². The Balaban J connectivity index is 1.61. The molecule has 2 saturated heterocycles. The maximum absolute atomic E-state index is 12.5. The fraction of sp³-hybridized carbons (Fsp3) is 0.562. The molecule has 1 N–H and O–H groups in total. The normalized spacial score (nSPS) is 25.1. The lowest BCUT2D eigenvalue weighted by Gasteiger charge is -2.24. The summed E-state index contributed by atoms with van der Waals surface area (Å²) in [7, 11) is 0. The van der Waals surface area contributed by atoms with E-state index in [1.807, 2.05) is 4.90 Å². The van der Waals surface area contributed by atoms with Gasteiger partial charge in [-0.25, -0.2) is 0 Å². The molecule has 6 heteroatoms. The standard InChI is InChI=1S/C16H19F3N2O/c17-16(18,19)12-3-1-11(2-4-12)9-15(22)21-8-7-13-5-6-14(10-21)20-13/h1-4,13-14,20H,5-10H2. The van der Waals surface area contributed by atoms with Gasteiger partial charge in [0, 0.05) is 25.2 Å². The molecule has 2 aliphatic rings. The van der Waals surface area contributed by atoms with Crippen LogP contribution >= 0.6 is 0 Å². The Hall–Kier alpha value is -1.56. The second-order valence-corrected chi connectivity index (χ2v) is 6.14. The SMILES string of the molecule is O=C(Cc1ccc(C(F)(F)F)cc1)N1CCC2CCC(C1)N2. The van der Waals surface area contributed by atoms with Crippen molar-refractivity contribution in [3.63, 3.8) is 0 Å². The molecule has 22 heavy (non-hydrogen) atoms. The van der Waals surface area contributed by atoms with Crippen molar-refractivity contribution >= 4 is 5.91 Å². The summed E-state index contributed by atoms with van der Waals surface area (Å²) in [6.45, 7) is 1.43. The van der Waals surface area contributed by atoms with E-state index in [0.717, 1.165) is 31.5 Å². The van der Waals surface area contributed by atoms with Crippen molar-refractivity contribution in [1.29, 1.82) is 0 Å². The summed E-state index contributed by atoms with van der Waals surface area (Å²) in [4.78, 5) is 14.2. The monoisotopic (exact) mass is 312 g/mol. The second-order valence-electron chi connectivity index (χ2n) is 6.14. The number of rotatable bonds is 2. The topological polar surface area (TPSA) is 32.3 Å². The van der Waals surface area contributed by atoms with Gasteiger partial charge in [0.2, 0.25) is 5.91 Å². The van der Waals surface area contributed by atoms with Crippen LogP contribution in [0.3, 0.4) is 0 Å². The molecule has 1 aromatic rings. The molecule has 2 fully saturated rings. The molecule has 2 heterocycles. The van der Waals surface area contributed by atoms with Crippen molar-refractivity contribution < 1.29 is 18.0 Å². The third-order valence-electron chi connectivity index (χ3n) is 4.51. The minimum absolute atomic E-state index is 0.00545. The number of fused-ring (bicyclic) bond motifs is 2. The Bertz CT molecular complexity index is 541. The summed E-state index contributed by atoms with van der Waals surface area (Å²) in [6.07, 6.45) is -0.955. The van der Waals surface area contributed by atoms with Crippen LogP contribution in [0.2, 0.25) is 0 Å². The average molecular weight is 312 g/mol. The van der Waals surface area contributed by atoms with Crippen molar-refractivity contribution in [2.24, 2.45) is 0 Å². The lowest BCUT2D eigenvalue weighted by Crippen LogP contribution is -2.39. The molecule has 2 aliphatic heterocycles. The molecule has 120 valence electrons. The second kappa shape index (κ2) is 5.91. The molecule has 2 atom stereocenters. The number of benzene rings is 1. The Labute approximate surface area is 127 Å². The van der Waals surface area contributed by atoms with E-state index in [0.29, 0.717) is 24.2 Å². The van der Waals surface area contributed by atoms with Gasteiger partial charge in [0.1, 0.15) is 0 Å². The van der Waals surface area contributed by atoms with E-state index in [4.69, 9.17) is 0 Å². The number of halogens is 3. The molecule has 0 radical (unpaired) electrons. The number of carbonyl (C=O) groups is 1. The van der Waals surface area contributed by atoms with E-state index >= 15 is 0 Å². The van der Waals surface area contributed by atoms with Crippen molar-refractivity contribution in [2.75, 3.05) is 13.1 Å². The van der Waals surface area contributed by atoms with Gasteiger partial charge in [0.05, 0.1) is 12.0 Å². The molecule has 0 spiro atoms. The molecule has 3 rings (SSSR count). The highest BCUT2D eigenvalue weighted by Gasteiger charge is 2.32. The van der Waals surface area contributed by atoms with E-state index in [9.17, 15) is 18.0 Å². The van der Waals surface area contributed by atoms with Gasteiger partial charge in [0.15, 0.2) is 0 Å². The number of carbonyl (C=O) groups excluding carboxylic acids is 1. The highest BCUT2D eigenvalue weighted by atomic mass is 19.4. The predicted octanol–water partition coefficient (Wildman–Crippen LogP) is 2.60. The molecule has 1 aromatic carbocycles. The van der Waals surface area contributed by atoms with Crippen molar-refractivity contribution in [1.82, 2.24) is 10.2 Å². The van der Waals surface area contributed by atoms with Crippen LogP contribution in [0.1, 0.15) is 30.4 Å². The minimum atomic E-state index is -4.34. The lowest BCUT2D eigenvalue weighted by atomic mass is 10.1. The highest BCUT2D eigenvalue weighted by Crippen LogP contribution is 2.29. The van der Waals surface area contributed by atoms with Gasteiger partial charge in [-0.05, 0) is 37.0 Å². The number of amides is 1. The van der Waals surface area contributed by atoms with Crippen LogP contribution in [0, 0.1) is 0 Å². The molecule has 0 aromatic heterocycles. The first kappa shape index (κ1) is 15.3. The van der Waals surface area contributed by atoms with Crippen molar-refractivity contribution in [2.45, 2.75) is 43.9 Å². The Morgan fingerprint density at radius 2 is 1.82 bits per heavy atom. The fourth-order valence-electron chi connectivity index (χ4n) is 3.27. The lowest BCUT2D eigenvalue weighted by molar-refractivity contribution is -0.137. The van der Waals surface area contributed by atoms with E-state index in [1.54, 1.807) is 0 Å². The predicted molar refractivity (Wildman–Crippen MR) is 76.3 cm³/mol. The number of likely N-dealkylation sites (tertiary alicyclic amines) is 1. The number of hydrogen-bond acceptors (Lipinski definition) is 2. The van der Waals surface area contributed by atoms with Gasteiger partial charge in [0.25, 0.3) is 0 Å². The van der Waals surface area contributed by atoms with Crippen molar-refractivity contribution in [3.8, 4) is 0 Å². The maximum Gasteiger partial charge on any atom is 0.416 e. The summed E-state index contributed by atoms with van der Waals surface area (Å²) >= 11 is 0. The minimum Gasteiger partial charge on any atom is -0.341 e. The first-order valence-electron chi connectivity index (χ1n) is 7.62. The summed E-state index contributed by atoms with van der Waals surface area (Å²) in [5.74, 6) is -0.00545. The quantitative estimate of drug-likeness (QED) is 0.910. The molecule has 2 unspecified atom stereocenters. The zero-order valence-corrected chi connectivity index (χ0v) is 12.2. The molecule has 0 saturated carbocycles. The molecule has 0 aliphatic carbocycles. The van der Waals surface area contributed by atoms with E-state index in [1.165, 1.54) is 18.6 Å². The maximum atomic E-state index is 12.5. The van der Waals surface area contributed by atoms with Gasteiger partial charge >= 0.3 is 6.18 Å². The van der Waals surface area contributed by atoms with Crippen LogP contribution in [0.4, 0.5) is 13.2 Å². The van der Waals surface area contributed by atoms with Crippen LogP contribution < -0.4 is 5.32 Å². The van der Waals surface area contributed by atoms with Crippen LogP contribution in [0.5, 0.6) is 0 Å². The molecule has 3 nitrogen and oxygen atoms in total. The number of hydrogen-bond donors (Lipinski definition) is 1. The summed E-state index contributed by atoms with van der Waals surface area (Å²) in [5.41, 5.74) is -0.0552. The fourth-order valence-corrected chi connectivity index (χ4v) is 3.27. The molecular weight excluding hydrogens is 293 g/mol. The number of nitrogens with zero attached hydrogens (tertiary/aromatic N) is 1. The third kappa shape index (κ3) is 3.43. The number of nitrogens with one attached hydrogen (secondary N) is 1. The summed E-state index contributed by atoms with van der Waals surface area (Å²) in [5, 5.41) is 3.51. The van der Waals surface area contributed by atoms with Crippen molar-refractivity contribution in [3.05, 3.63) is 35.4 Å². The van der Waals surface area contributed by atoms with Crippen LogP contribution in [-0.4, -0.2) is 36.0 Å². The Kier molecular flexibility index (Phi) is 4.12. The first-order valence-corrected chi connectivity index (χ1v) is 7.62. The van der Waals surface area contributed by atoms with Crippen LogP contribution in [-0.2, 0) is 17.4 Å². The Morgan fingerprint density at radius 3 is 2.50 bits per heavy atom. The third-order valence-corrected chi connectivity index (χ3v) is 4.51. The van der Waals surface area contributed by atoms with Crippen LogP contribution in [0.15, 0.2) is 24.3 Å². The van der Waals surface area contributed by atoms with E-state index in [-0.39, 0.29) is 12.3 Å². The zero-order chi connectivity index (χ0) is 15.7. The van der Waals surface area contributed by atoms with Gasteiger partial charge < -0.3 is 10.2 Å². The summed E-state index contributed by atoms with van der Waals surface area (Å²) < 4.78 is 37.6. The van der Waals surface area contributed by atoms with E-state index < -0.39 is 11.7 Å². The van der Waals surface area contributed by atoms with Crippen LogP contribution in [0.25, 0.3) is 0 Å². The summed E-state index contributed by atoms with van der Waals surface area (Å²) in [6, 6.07) is 5.73. The molecule has 2 bridgehead atoms. The zero-order valence-electron chi connectivity index (χ0n) is 12.2. The molecular formula is C16H19F3N2O. The van der Waals surface area contributed by atoms with Gasteiger partial charge in [-0.15, -0.1) is 0 Å². The van der Waals surface area contributed by atoms with Gasteiger partial charge in [-0.1, -0.05) is 12.1 Å². The largest absolute Gasteiger partial charge is 0.416 e. The van der Waals surface area contributed by atoms with E-state index in [2.05, 4.69) is 5.32 Å². The smallest absolute Gasteiger partial charge is 0.341 e. The highest BCUT2D eigenvalue weighted by molar-refractivity contribution is 5.78. The Morgan fingerprint density at radius 1 is 1.14 bits per heavy atom. The van der Waals surface area contributed by atoms with Gasteiger partial charge in [-0.2, -0.15) is 13.2 Å².